The van der Waals surface area contributed by atoms with Crippen LogP contribution in [-0.4, -0.2) is 43.1 Å². The lowest BCUT2D eigenvalue weighted by atomic mass is 10.0. The van der Waals surface area contributed by atoms with Crippen LogP contribution in [0.2, 0.25) is 0 Å². The Hall–Kier alpha value is -3.87. The van der Waals surface area contributed by atoms with Gasteiger partial charge in [-0.1, -0.05) is 24.3 Å². The normalized spacial score (nSPS) is 11.3. The zero-order chi connectivity index (χ0) is 23.1. The van der Waals surface area contributed by atoms with Gasteiger partial charge < -0.3 is 19.4 Å². The van der Waals surface area contributed by atoms with Gasteiger partial charge in [-0.25, -0.2) is 4.79 Å². The molecule has 0 saturated carbocycles. The Morgan fingerprint density at radius 2 is 1.69 bits per heavy atom. The van der Waals surface area contributed by atoms with Gasteiger partial charge in [0.05, 0.1) is 19.6 Å². The number of rotatable bonds is 8. The lowest BCUT2D eigenvalue weighted by Crippen LogP contribution is -2.26. The van der Waals surface area contributed by atoms with Crippen molar-refractivity contribution >= 4 is 40.0 Å². The van der Waals surface area contributed by atoms with Crippen molar-refractivity contribution in [1.82, 2.24) is 4.98 Å². The Kier molecular flexibility index (Phi) is 7.44. The number of esters is 2. The molecule has 0 bridgehead atoms. The fourth-order valence-electron chi connectivity index (χ4n) is 3.33. The smallest absolute Gasteiger partial charge is 0.331 e. The van der Waals surface area contributed by atoms with Crippen LogP contribution in [0.3, 0.4) is 0 Å². The Morgan fingerprint density at radius 3 is 2.38 bits per heavy atom. The average Bonchev–Trinajstić information content (AvgIpc) is 3.22. The van der Waals surface area contributed by atoms with E-state index in [9.17, 15) is 14.4 Å². The first kappa shape index (κ1) is 22.8. The first-order valence-electron chi connectivity index (χ1n) is 10.4. The Bertz CT molecular complexity index is 1150. The fraction of sp³-hybridized carbons (Fsp3) is 0.240. The third-order valence-corrected chi connectivity index (χ3v) is 4.89. The molecule has 0 aliphatic carbocycles. The summed E-state index contributed by atoms with van der Waals surface area (Å²) in [5.41, 5.74) is 3.15. The number of ether oxygens (including phenoxy) is 2. The summed E-state index contributed by atoms with van der Waals surface area (Å²) in [6.07, 6.45) is 1.24. The second-order valence-electron chi connectivity index (χ2n) is 7.09. The molecule has 0 saturated heterocycles. The van der Waals surface area contributed by atoms with Crippen molar-refractivity contribution in [3.8, 4) is 0 Å². The van der Waals surface area contributed by atoms with Gasteiger partial charge in [-0.15, -0.1) is 0 Å². The van der Waals surface area contributed by atoms with Crippen LogP contribution in [0.5, 0.6) is 0 Å². The number of benzene rings is 2. The molecule has 1 aromatic heterocycles. The van der Waals surface area contributed by atoms with Gasteiger partial charge in [0.2, 0.25) is 0 Å². The van der Waals surface area contributed by atoms with Crippen LogP contribution in [0.15, 0.2) is 60.7 Å². The molecule has 0 radical (unpaired) electrons. The molecule has 1 N–H and O–H groups in total. The molecular formula is C25H26N2O5. The predicted molar refractivity (Wildman–Crippen MR) is 123 cm³/mol. The van der Waals surface area contributed by atoms with Gasteiger partial charge in [0.15, 0.2) is 0 Å². The number of carbonyl (C=O) groups is 3. The second-order valence-corrected chi connectivity index (χ2v) is 7.09. The van der Waals surface area contributed by atoms with Gasteiger partial charge in [0.1, 0.15) is 5.69 Å². The number of para-hydroxylation sites is 1. The van der Waals surface area contributed by atoms with Crippen molar-refractivity contribution in [2.75, 3.05) is 25.2 Å². The summed E-state index contributed by atoms with van der Waals surface area (Å²) in [5, 5.41) is 0.783. The molecular weight excluding hydrogens is 408 g/mol. The highest BCUT2D eigenvalue weighted by atomic mass is 16.5. The number of nitrogens with one attached hydrogen (secondary N) is 1. The molecule has 2 aromatic carbocycles. The molecule has 0 fully saturated rings. The van der Waals surface area contributed by atoms with Gasteiger partial charge >= 0.3 is 11.9 Å². The van der Waals surface area contributed by atoms with Crippen molar-refractivity contribution in [2.45, 2.75) is 20.3 Å². The first-order valence-corrected chi connectivity index (χ1v) is 10.4. The van der Waals surface area contributed by atoms with Crippen LogP contribution in [-0.2, 0) is 19.1 Å². The summed E-state index contributed by atoms with van der Waals surface area (Å²) >= 11 is 0. The van der Waals surface area contributed by atoms with Crippen molar-refractivity contribution in [1.29, 1.82) is 0 Å². The van der Waals surface area contributed by atoms with Crippen LogP contribution in [0, 0.1) is 0 Å². The quantitative estimate of drug-likeness (QED) is 0.421. The average molecular weight is 434 g/mol. The molecule has 1 heterocycles. The summed E-state index contributed by atoms with van der Waals surface area (Å²) < 4.78 is 10.0. The number of hydrogen-bond donors (Lipinski definition) is 1. The standard InChI is InChI=1S/C25H26N2O5/c1-4-31-23(28)15-18(16-24(29)32-5-2)17-11-12-21-19(13-17)14-22(26-21)25(30)27(3)20-9-7-6-8-10-20/h6-15,26H,4-5,16H2,1-3H3. The van der Waals surface area contributed by atoms with Crippen LogP contribution in [0.4, 0.5) is 5.69 Å². The molecule has 0 spiro atoms. The summed E-state index contributed by atoms with van der Waals surface area (Å²) in [5.74, 6) is -1.14. The monoisotopic (exact) mass is 434 g/mol. The molecule has 3 aromatic rings. The van der Waals surface area contributed by atoms with E-state index < -0.39 is 11.9 Å². The molecule has 1 amide bonds. The SMILES string of the molecule is CCOC(=O)C=C(CC(=O)OCC)c1ccc2[nH]c(C(=O)N(C)c3ccccc3)cc2c1. The second kappa shape index (κ2) is 10.4. The van der Waals surface area contributed by atoms with E-state index in [0.717, 1.165) is 16.6 Å². The van der Waals surface area contributed by atoms with E-state index in [2.05, 4.69) is 4.98 Å². The van der Waals surface area contributed by atoms with Gasteiger partial charge in [0, 0.05) is 29.7 Å². The van der Waals surface area contributed by atoms with E-state index in [1.165, 1.54) is 6.08 Å². The Morgan fingerprint density at radius 1 is 0.969 bits per heavy atom. The highest BCUT2D eigenvalue weighted by molar-refractivity contribution is 6.07. The summed E-state index contributed by atoms with van der Waals surface area (Å²) in [4.78, 5) is 41.7. The van der Waals surface area contributed by atoms with E-state index in [1.54, 1.807) is 37.9 Å². The molecule has 0 atom stereocenters. The number of nitrogens with zero attached hydrogens (tertiary/aromatic N) is 1. The number of amides is 1. The van der Waals surface area contributed by atoms with Crippen LogP contribution in [0.25, 0.3) is 16.5 Å². The number of aromatic nitrogens is 1. The predicted octanol–water partition coefficient (Wildman–Crippen LogP) is 4.34. The molecule has 7 nitrogen and oxygen atoms in total. The third-order valence-electron chi connectivity index (χ3n) is 4.89. The lowest BCUT2D eigenvalue weighted by molar-refractivity contribution is -0.141. The van der Waals surface area contributed by atoms with Gasteiger partial charge in [-0.3, -0.25) is 9.59 Å². The lowest BCUT2D eigenvalue weighted by Gasteiger charge is -2.16. The fourth-order valence-corrected chi connectivity index (χ4v) is 3.33. The first-order chi connectivity index (χ1) is 15.4. The number of H-pyrrole nitrogens is 1. The highest BCUT2D eigenvalue weighted by Gasteiger charge is 2.17. The molecule has 32 heavy (non-hydrogen) atoms. The minimum atomic E-state index is -0.527. The van der Waals surface area contributed by atoms with E-state index in [4.69, 9.17) is 9.47 Å². The van der Waals surface area contributed by atoms with Crippen molar-refractivity contribution in [3.63, 3.8) is 0 Å². The summed E-state index contributed by atoms with van der Waals surface area (Å²) in [7, 11) is 1.72. The van der Waals surface area contributed by atoms with Crippen LogP contribution in [0.1, 0.15) is 36.3 Å². The topological polar surface area (TPSA) is 88.7 Å². The van der Waals surface area contributed by atoms with E-state index in [-0.39, 0.29) is 25.5 Å². The minimum absolute atomic E-state index is 0.0644. The van der Waals surface area contributed by atoms with E-state index in [0.29, 0.717) is 16.8 Å². The maximum atomic E-state index is 12.9. The summed E-state index contributed by atoms with van der Waals surface area (Å²) in [6, 6.07) is 16.6. The number of fused-ring (bicyclic) bond motifs is 1. The number of carbonyl (C=O) groups excluding carboxylic acids is 3. The molecule has 0 unspecified atom stereocenters. The summed E-state index contributed by atoms with van der Waals surface area (Å²) in [6.45, 7) is 3.93. The molecule has 166 valence electrons. The number of anilines is 1. The van der Waals surface area contributed by atoms with Crippen LogP contribution >= 0.6 is 0 Å². The number of hydrogen-bond acceptors (Lipinski definition) is 5. The van der Waals surface area contributed by atoms with Crippen LogP contribution < -0.4 is 4.90 Å². The van der Waals surface area contributed by atoms with E-state index in [1.807, 2.05) is 42.5 Å². The maximum Gasteiger partial charge on any atom is 0.331 e. The zero-order valence-electron chi connectivity index (χ0n) is 18.4. The number of aromatic amines is 1. The third kappa shape index (κ3) is 5.43. The van der Waals surface area contributed by atoms with Crippen molar-refractivity contribution in [2.24, 2.45) is 0 Å². The largest absolute Gasteiger partial charge is 0.466 e. The minimum Gasteiger partial charge on any atom is -0.466 e. The zero-order valence-corrected chi connectivity index (χ0v) is 18.4. The molecule has 0 aliphatic heterocycles. The highest BCUT2D eigenvalue weighted by Crippen LogP contribution is 2.26. The maximum absolute atomic E-state index is 12.9. The molecule has 3 rings (SSSR count). The molecule has 7 heteroatoms. The van der Waals surface area contributed by atoms with E-state index >= 15 is 0 Å². The van der Waals surface area contributed by atoms with Gasteiger partial charge in [0.25, 0.3) is 5.91 Å². The van der Waals surface area contributed by atoms with Crippen molar-refractivity contribution in [3.05, 3.63) is 71.9 Å². The van der Waals surface area contributed by atoms with Gasteiger partial charge in [-0.05, 0) is 55.3 Å². The Balaban J connectivity index is 1.92. The van der Waals surface area contributed by atoms with Crippen molar-refractivity contribution < 1.29 is 23.9 Å². The van der Waals surface area contributed by atoms with Gasteiger partial charge in [-0.2, -0.15) is 0 Å². The Labute approximate surface area is 186 Å². The molecule has 0 aliphatic rings.